The van der Waals surface area contributed by atoms with Crippen LogP contribution in [0.2, 0.25) is 0 Å². The lowest BCUT2D eigenvalue weighted by Gasteiger charge is -2.38. The van der Waals surface area contributed by atoms with E-state index in [1.165, 1.54) is 0 Å². The average molecular weight is 256 g/mol. The third kappa shape index (κ3) is 3.95. The van der Waals surface area contributed by atoms with Gasteiger partial charge in [-0.15, -0.1) is 0 Å². The Kier molecular flexibility index (Phi) is 6.09. The van der Waals surface area contributed by atoms with Crippen LogP contribution in [0, 0.1) is 5.92 Å². The SMILES string of the molecule is CCN(CC)C(=O)COC1(CN)CCC(C)CC1. The van der Waals surface area contributed by atoms with E-state index in [0.717, 1.165) is 44.7 Å². The van der Waals surface area contributed by atoms with Crippen molar-refractivity contribution in [2.24, 2.45) is 11.7 Å². The molecule has 0 spiro atoms. The van der Waals surface area contributed by atoms with Gasteiger partial charge in [-0.2, -0.15) is 0 Å². The molecule has 0 heterocycles. The maximum Gasteiger partial charge on any atom is 0.248 e. The van der Waals surface area contributed by atoms with E-state index in [9.17, 15) is 4.79 Å². The highest BCUT2D eigenvalue weighted by atomic mass is 16.5. The molecule has 106 valence electrons. The summed E-state index contributed by atoms with van der Waals surface area (Å²) in [5.41, 5.74) is 5.61. The van der Waals surface area contributed by atoms with Gasteiger partial charge in [0, 0.05) is 19.6 Å². The molecule has 0 unspecified atom stereocenters. The minimum Gasteiger partial charge on any atom is -0.364 e. The van der Waals surface area contributed by atoms with E-state index in [2.05, 4.69) is 6.92 Å². The van der Waals surface area contributed by atoms with Crippen molar-refractivity contribution in [2.75, 3.05) is 26.2 Å². The summed E-state index contributed by atoms with van der Waals surface area (Å²) in [7, 11) is 0. The normalized spacial score (nSPS) is 28.1. The fourth-order valence-electron chi connectivity index (χ4n) is 2.58. The molecule has 0 radical (unpaired) electrons. The van der Waals surface area contributed by atoms with E-state index in [1.54, 1.807) is 4.90 Å². The molecule has 0 atom stereocenters. The smallest absolute Gasteiger partial charge is 0.248 e. The number of rotatable bonds is 6. The van der Waals surface area contributed by atoms with Crippen molar-refractivity contribution in [1.29, 1.82) is 0 Å². The van der Waals surface area contributed by atoms with Crippen molar-refractivity contribution in [3.8, 4) is 0 Å². The molecule has 1 amide bonds. The highest BCUT2D eigenvalue weighted by molar-refractivity contribution is 5.77. The second kappa shape index (κ2) is 7.10. The molecular weight excluding hydrogens is 228 g/mol. The predicted octanol–water partition coefficient (Wildman–Crippen LogP) is 1.78. The minimum atomic E-state index is -0.255. The molecule has 1 rings (SSSR count). The first kappa shape index (κ1) is 15.4. The van der Waals surface area contributed by atoms with E-state index < -0.39 is 0 Å². The standard InChI is InChI=1S/C14H28N2O2/c1-4-16(5-2)13(17)10-18-14(11-15)8-6-12(3)7-9-14/h12H,4-11,15H2,1-3H3. The van der Waals surface area contributed by atoms with Gasteiger partial charge in [0.15, 0.2) is 0 Å². The monoisotopic (exact) mass is 256 g/mol. The van der Waals surface area contributed by atoms with Gasteiger partial charge in [-0.25, -0.2) is 0 Å². The molecule has 1 aliphatic rings. The highest BCUT2D eigenvalue weighted by Crippen LogP contribution is 2.33. The average Bonchev–Trinajstić information content (AvgIpc) is 2.40. The number of hydrogen-bond acceptors (Lipinski definition) is 3. The zero-order valence-electron chi connectivity index (χ0n) is 12.1. The molecule has 0 saturated heterocycles. The topological polar surface area (TPSA) is 55.6 Å². The number of carbonyl (C=O) groups excluding carboxylic acids is 1. The molecule has 0 bridgehead atoms. The third-order valence-corrected chi connectivity index (χ3v) is 4.18. The molecule has 2 N–H and O–H groups in total. The molecule has 0 aromatic heterocycles. The molecule has 0 aromatic carbocycles. The number of ether oxygens (including phenoxy) is 1. The molecule has 0 aliphatic heterocycles. The number of amides is 1. The predicted molar refractivity (Wildman–Crippen MR) is 73.3 cm³/mol. The molecular formula is C14H28N2O2. The summed E-state index contributed by atoms with van der Waals surface area (Å²) >= 11 is 0. The lowest BCUT2D eigenvalue weighted by atomic mass is 9.79. The highest BCUT2D eigenvalue weighted by Gasteiger charge is 2.34. The van der Waals surface area contributed by atoms with Crippen LogP contribution in [0.25, 0.3) is 0 Å². The van der Waals surface area contributed by atoms with Crippen molar-refractivity contribution >= 4 is 5.91 Å². The summed E-state index contributed by atoms with van der Waals surface area (Å²) in [6, 6.07) is 0. The van der Waals surface area contributed by atoms with Gasteiger partial charge in [-0.3, -0.25) is 4.79 Å². The summed E-state index contributed by atoms with van der Waals surface area (Å²) in [4.78, 5) is 13.7. The number of nitrogens with zero attached hydrogens (tertiary/aromatic N) is 1. The Hall–Kier alpha value is -0.610. The van der Waals surface area contributed by atoms with Gasteiger partial charge in [-0.05, 0) is 45.4 Å². The Morgan fingerprint density at radius 2 is 1.89 bits per heavy atom. The quantitative estimate of drug-likeness (QED) is 0.788. The molecule has 1 fully saturated rings. The van der Waals surface area contributed by atoms with Crippen molar-refractivity contribution in [3.63, 3.8) is 0 Å². The van der Waals surface area contributed by atoms with Gasteiger partial charge >= 0.3 is 0 Å². The van der Waals surface area contributed by atoms with E-state index in [0.29, 0.717) is 6.54 Å². The van der Waals surface area contributed by atoms with E-state index in [4.69, 9.17) is 10.5 Å². The summed E-state index contributed by atoms with van der Waals surface area (Å²) in [5, 5.41) is 0. The van der Waals surface area contributed by atoms with Gasteiger partial charge < -0.3 is 15.4 Å². The second-order valence-electron chi connectivity index (χ2n) is 5.42. The van der Waals surface area contributed by atoms with Crippen LogP contribution in [0.15, 0.2) is 0 Å². The van der Waals surface area contributed by atoms with Gasteiger partial charge in [0.1, 0.15) is 6.61 Å². The van der Waals surface area contributed by atoms with E-state index >= 15 is 0 Å². The van der Waals surface area contributed by atoms with Crippen molar-refractivity contribution in [1.82, 2.24) is 4.90 Å². The Bertz CT molecular complexity index is 257. The number of likely N-dealkylation sites (N-methyl/N-ethyl adjacent to an activating group) is 1. The molecule has 1 aliphatic carbocycles. The fourth-order valence-corrected chi connectivity index (χ4v) is 2.58. The molecule has 0 aromatic rings. The zero-order valence-corrected chi connectivity index (χ0v) is 12.1. The van der Waals surface area contributed by atoms with Crippen LogP contribution in [-0.4, -0.2) is 42.6 Å². The second-order valence-corrected chi connectivity index (χ2v) is 5.42. The lowest BCUT2D eigenvalue weighted by molar-refractivity contribution is -0.145. The maximum atomic E-state index is 11.9. The molecule has 4 nitrogen and oxygen atoms in total. The fraction of sp³-hybridized carbons (Fsp3) is 0.929. The Balaban J connectivity index is 2.46. The van der Waals surface area contributed by atoms with Crippen LogP contribution in [0.1, 0.15) is 46.5 Å². The van der Waals surface area contributed by atoms with E-state index in [-0.39, 0.29) is 18.1 Å². The minimum absolute atomic E-state index is 0.0754. The van der Waals surface area contributed by atoms with Crippen molar-refractivity contribution in [3.05, 3.63) is 0 Å². The zero-order chi connectivity index (χ0) is 13.6. The number of hydrogen-bond donors (Lipinski definition) is 1. The van der Waals surface area contributed by atoms with Gasteiger partial charge in [-0.1, -0.05) is 6.92 Å². The number of nitrogens with two attached hydrogens (primary N) is 1. The summed E-state index contributed by atoms with van der Waals surface area (Å²) in [6.45, 7) is 8.42. The van der Waals surface area contributed by atoms with Gasteiger partial charge in [0.05, 0.1) is 5.60 Å². The summed E-state index contributed by atoms with van der Waals surface area (Å²) < 4.78 is 5.90. The first-order chi connectivity index (χ1) is 8.56. The Labute approximate surface area is 111 Å². The van der Waals surface area contributed by atoms with E-state index in [1.807, 2.05) is 13.8 Å². The van der Waals surface area contributed by atoms with Crippen LogP contribution >= 0.6 is 0 Å². The molecule has 18 heavy (non-hydrogen) atoms. The van der Waals surface area contributed by atoms with Crippen LogP contribution in [0.5, 0.6) is 0 Å². The van der Waals surface area contributed by atoms with Crippen LogP contribution in [-0.2, 0) is 9.53 Å². The molecule has 1 saturated carbocycles. The lowest BCUT2D eigenvalue weighted by Crippen LogP contribution is -2.46. The first-order valence-corrected chi connectivity index (χ1v) is 7.18. The Morgan fingerprint density at radius 1 is 1.33 bits per heavy atom. The van der Waals surface area contributed by atoms with Gasteiger partial charge in [0.25, 0.3) is 0 Å². The largest absolute Gasteiger partial charge is 0.364 e. The van der Waals surface area contributed by atoms with Crippen molar-refractivity contribution < 1.29 is 9.53 Å². The first-order valence-electron chi connectivity index (χ1n) is 7.18. The number of carbonyl (C=O) groups is 1. The Morgan fingerprint density at radius 3 is 2.33 bits per heavy atom. The van der Waals surface area contributed by atoms with Crippen LogP contribution < -0.4 is 5.73 Å². The summed E-state index contributed by atoms with van der Waals surface area (Å²) in [5.74, 6) is 0.832. The maximum absolute atomic E-state index is 11.9. The van der Waals surface area contributed by atoms with Crippen molar-refractivity contribution in [2.45, 2.75) is 52.1 Å². The molecule has 4 heteroatoms. The third-order valence-electron chi connectivity index (χ3n) is 4.18. The van der Waals surface area contributed by atoms with Gasteiger partial charge in [0.2, 0.25) is 5.91 Å². The van der Waals surface area contributed by atoms with Crippen LogP contribution in [0.4, 0.5) is 0 Å². The summed E-state index contributed by atoms with van der Waals surface area (Å²) in [6.07, 6.45) is 4.26. The van der Waals surface area contributed by atoms with Crippen LogP contribution in [0.3, 0.4) is 0 Å².